The molecule has 0 bridgehead atoms. The fourth-order valence-corrected chi connectivity index (χ4v) is 3.75. The van der Waals surface area contributed by atoms with Crippen molar-refractivity contribution in [2.24, 2.45) is 5.92 Å². The molecule has 0 saturated carbocycles. The second-order valence-corrected chi connectivity index (χ2v) is 6.58. The third-order valence-corrected chi connectivity index (χ3v) is 5.19. The maximum Gasteiger partial charge on any atom is 0.0326 e. The van der Waals surface area contributed by atoms with Crippen molar-refractivity contribution in [3.8, 4) is 0 Å². The van der Waals surface area contributed by atoms with Crippen LogP contribution in [0.2, 0.25) is 0 Å². The Morgan fingerprint density at radius 3 is 2.75 bits per heavy atom. The third-order valence-electron chi connectivity index (χ3n) is 5.19. The van der Waals surface area contributed by atoms with Gasteiger partial charge in [-0.05, 0) is 75.8 Å². The molecule has 1 unspecified atom stereocenters. The van der Waals surface area contributed by atoms with Crippen LogP contribution in [0.4, 0.5) is 0 Å². The summed E-state index contributed by atoms with van der Waals surface area (Å²) in [5, 5.41) is 3.85. The van der Waals surface area contributed by atoms with E-state index >= 15 is 0 Å². The summed E-state index contributed by atoms with van der Waals surface area (Å²) >= 11 is 0. The quantitative estimate of drug-likeness (QED) is 0.904. The van der Waals surface area contributed by atoms with Crippen molar-refractivity contribution >= 4 is 0 Å². The fourth-order valence-electron chi connectivity index (χ4n) is 3.75. The van der Waals surface area contributed by atoms with Crippen LogP contribution >= 0.6 is 0 Å². The maximum absolute atomic E-state index is 3.85. The number of hydrogen-bond donors (Lipinski definition) is 1. The van der Waals surface area contributed by atoms with Crippen molar-refractivity contribution in [1.82, 2.24) is 10.2 Å². The van der Waals surface area contributed by atoms with E-state index in [2.05, 4.69) is 42.3 Å². The number of nitrogens with zero attached hydrogens (tertiary/aromatic N) is 1. The Labute approximate surface area is 123 Å². The van der Waals surface area contributed by atoms with Gasteiger partial charge in [0.2, 0.25) is 0 Å². The van der Waals surface area contributed by atoms with E-state index < -0.39 is 0 Å². The minimum absolute atomic E-state index is 0.606. The Bertz CT molecular complexity index is 447. The topological polar surface area (TPSA) is 15.3 Å². The van der Waals surface area contributed by atoms with E-state index in [1.54, 1.807) is 11.1 Å². The van der Waals surface area contributed by atoms with Crippen LogP contribution in [0.1, 0.15) is 48.9 Å². The minimum Gasteiger partial charge on any atom is -0.310 e. The lowest BCUT2D eigenvalue weighted by molar-refractivity contribution is 0.187. The Morgan fingerprint density at radius 2 is 2.00 bits per heavy atom. The van der Waals surface area contributed by atoms with Crippen molar-refractivity contribution < 1.29 is 0 Å². The summed E-state index contributed by atoms with van der Waals surface area (Å²) < 4.78 is 0. The average Bonchev–Trinajstić information content (AvgIpc) is 2.88. The summed E-state index contributed by atoms with van der Waals surface area (Å²) in [6.07, 6.45) is 5.27. The van der Waals surface area contributed by atoms with Gasteiger partial charge in [0.05, 0.1) is 0 Å². The first-order chi connectivity index (χ1) is 9.76. The first-order valence-electron chi connectivity index (χ1n) is 8.31. The van der Waals surface area contributed by atoms with Gasteiger partial charge < -0.3 is 10.2 Å². The van der Waals surface area contributed by atoms with Crippen molar-refractivity contribution in [2.75, 3.05) is 26.2 Å². The summed E-state index contributed by atoms with van der Waals surface area (Å²) in [5.74, 6) is 0.881. The molecule has 2 aliphatic rings. The highest BCUT2D eigenvalue weighted by atomic mass is 15.1. The number of likely N-dealkylation sites (tertiary alicyclic amines) is 1. The third kappa shape index (κ3) is 3.07. The van der Waals surface area contributed by atoms with E-state index in [4.69, 9.17) is 0 Å². The molecule has 0 radical (unpaired) electrons. The van der Waals surface area contributed by atoms with Gasteiger partial charge in [0.25, 0.3) is 0 Å². The molecule has 2 nitrogen and oxygen atoms in total. The monoisotopic (exact) mass is 272 g/mol. The molecule has 1 fully saturated rings. The number of fused-ring (bicyclic) bond motifs is 1. The van der Waals surface area contributed by atoms with Crippen LogP contribution in [0.25, 0.3) is 0 Å². The largest absolute Gasteiger partial charge is 0.310 e. The van der Waals surface area contributed by atoms with E-state index in [1.807, 2.05) is 0 Å². The molecule has 0 aromatic heterocycles. The molecule has 20 heavy (non-hydrogen) atoms. The summed E-state index contributed by atoms with van der Waals surface area (Å²) in [4.78, 5) is 2.57. The van der Waals surface area contributed by atoms with Crippen LogP contribution in [0, 0.1) is 12.8 Å². The van der Waals surface area contributed by atoms with E-state index in [0.717, 1.165) is 5.92 Å². The zero-order valence-electron chi connectivity index (χ0n) is 13.0. The number of hydrogen-bond acceptors (Lipinski definition) is 2. The van der Waals surface area contributed by atoms with Crippen LogP contribution < -0.4 is 5.32 Å². The molecular weight excluding hydrogens is 244 g/mol. The predicted octanol–water partition coefficient (Wildman–Crippen LogP) is 3.30. The van der Waals surface area contributed by atoms with Crippen molar-refractivity contribution in [3.05, 3.63) is 34.9 Å². The fraction of sp³-hybridized carbons (Fsp3) is 0.667. The first-order valence-corrected chi connectivity index (χ1v) is 8.31. The smallest absolute Gasteiger partial charge is 0.0326 e. The second-order valence-electron chi connectivity index (χ2n) is 6.58. The van der Waals surface area contributed by atoms with Gasteiger partial charge in [0.15, 0.2) is 0 Å². The van der Waals surface area contributed by atoms with E-state index in [1.165, 1.54) is 57.4 Å². The lowest BCUT2D eigenvalue weighted by Crippen LogP contribution is -2.37. The van der Waals surface area contributed by atoms with Crippen LogP contribution in [0.15, 0.2) is 18.2 Å². The van der Waals surface area contributed by atoms with Gasteiger partial charge in [-0.25, -0.2) is 0 Å². The minimum atomic E-state index is 0.606. The van der Waals surface area contributed by atoms with Gasteiger partial charge >= 0.3 is 0 Å². The lowest BCUT2D eigenvalue weighted by atomic mass is 9.96. The summed E-state index contributed by atoms with van der Waals surface area (Å²) in [6, 6.07) is 7.57. The van der Waals surface area contributed by atoms with Crippen LogP contribution in [-0.4, -0.2) is 31.1 Å². The summed E-state index contributed by atoms with van der Waals surface area (Å²) in [6.45, 7) is 9.49. The van der Waals surface area contributed by atoms with Gasteiger partial charge in [-0.1, -0.05) is 30.7 Å². The molecule has 3 rings (SSSR count). The predicted molar refractivity (Wildman–Crippen MR) is 85.1 cm³/mol. The van der Waals surface area contributed by atoms with E-state index in [9.17, 15) is 0 Å². The molecule has 0 amide bonds. The SMILES string of the molecule is CCN1CCC(CNC2CCc3ccc(C)cc32)CC1. The molecule has 1 N–H and O–H groups in total. The van der Waals surface area contributed by atoms with Gasteiger partial charge in [0.1, 0.15) is 0 Å². The van der Waals surface area contributed by atoms with Gasteiger partial charge in [-0.15, -0.1) is 0 Å². The molecule has 1 aromatic carbocycles. The van der Waals surface area contributed by atoms with Gasteiger partial charge in [-0.3, -0.25) is 0 Å². The highest BCUT2D eigenvalue weighted by Gasteiger charge is 2.24. The zero-order chi connectivity index (χ0) is 13.9. The average molecular weight is 272 g/mol. The molecule has 110 valence electrons. The molecule has 1 atom stereocenters. The van der Waals surface area contributed by atoms with Crippen molar-refractivity contribution in [3.63, 3.8) is 0 Å². The molecule has 1 aromatic rings. The Kier molecular flexibility index (Phi) is 4.42. The number of rotatable bonds is 4. The Morgan fingerprint density at radius 1 is 1.20 bits per heavy atom. The highest BCUT2D eigenvalue weighted by Crippen LogP contribution is 2.32. The number of aryl methyl sites for hydroxylation is 2. The maximum atomic E-state index is 3.85. The lowest BCUT2D eigenvalue weighted by Gasteiger charge is -2.31. The van der Waals surface area contributed by atoms with E-state index in [-0.39, 0.29) is 0 Å². The van der Waals surface area contributed by atoms with Crippen molar-refractivity contribution in [1.29, 1.82) is 0 Å². The van der Waals surface area contributed by atoms with Crippen LogP contribution in [0.3, 0.4) is 0 Å². The molecule has 1 saturated heterocycles. The number of benzene rings is 1. The highest BCUT2D eigenvalue weighted by molar-refractivity contribution is 5.37. The summed E-state index contributed by atoms with van der Waals surface area (Å²) in [7, 11) is 0. The number of piperidine rings is 1. The molecule has 2 heteroatoms. The Balaban J connectivity index is 1.52. The molecule has 1 aliphatic heterocycles. The molecule has 1 heterocycles. The Hall–Kier alpha value is -0.860. The standard InChI is InChI=1S/C18H28N2/c1-3-20-10-8-15(9-11-20)13-19-18-7-6-16-5-4-14(2)12-17(16)18/h4-5,12,15,18-19H,3,6-11,13H2,1-2H3. The summed E-state index contributed by atoms with van der Waals surface area (Å²) in [5.41, 5.74) is 4.53. The van der Waals surface area contributed by atoms with Gasteiger partial charge in [-0.2, -0.15) is 0 Å². The first kappa shape index (κ1) is 14.1. The second kappa shape index (κ2) is 6.28. The molecule has 1 aliphatic carbocycles. The van der Waals surface area contributed by atoms with Crippen molar-refractivity contribution in [2.45, 2.75) is 45.6 Å². The number of nitrogens with one attached hydrogen (secondary N) is 1. The molecule has 0 spiro atoms. The zero-order valence-corrected chi connectivity index (χ0v) is 13.0. The van der Waals surface area contributed by atoms with Crippen LogP contribution in [0.5, 0.6) is 0 Å². The van der Waals surface area contributed by atoms with Gasteiger partial charge in [0, 0.05) is 6.04 Å². The normalized spacial score (nSPS) is 24.0. The van der Waals surface area contributed by atoms with Crippen LogP contribution in [-0.2, 0) is 6.42 Å². The molecular formula is C18H28N2. The van der Waals surface area contributed by atoms with E-state index in [0.29, 0.717) is 6.04 Å².